The maximum Gasteiger partial charge on any atom is 0.228 e. The number of nitrogens with two attached hydrogens (primary N) is 1. The highest BCUT2D eigenvalue weighted by atomic mass is 19.1. The summed E-state index contributed by atoms with van der Waals surface area (Å²) in [5.41, 5.74) is 6.55. The Morgan fingerprint density at radius 3 is 2.84 bits per heavy atom. The summed E-state index contributed by atoms with van der Waals surface area (Å²) in [5.74, 6) is -0.481. The van der Waals surface area contributed by atoms with E-state index in [-0.39, 0.29) is 17.0 Å². The van der Waals surface area contributed by atoms with Crippen LogP contribution in [0.5, 0.6) is 0 Å². The van der Waals surface area contributed by atoms with Gasteiger partial charge >= 0.3 is 0 Å². The molecule has 0 atom stereocenters. The molecule has 0 radical (unpaired) electrons. The SMILES string of the molecule is CCCn1ccnc1C(=O)c1cc(N)c(C)c(F)c1. The van der Waals surface area contributed by atoms with Gasteiger partial charge in [0.05, 0.1) is 0 Å². The lowest BCUT2D eigenvalue weighted by molar-refractivity contribution is 0.102. The first-order chi connectivity index (χ1) is 9.04. The fourth-order valence-corrected chi connectivity index (χ4v) is 1.90. The summed E-state index contributed by atoms with van der Waals surface area (Å²) in [6, 6.07) is 2.70. The first-order valence-corrected chi connectivity index (χ1v) is 6.16. The number of hydrogen-bond acceptors (Lipinski definition) is 3. The summed E-state index contributed by atoms with van der Waals surface area (Å²) in [7, 11) is 0. The van der Waals surface area contributed by atoms with Gasteiger partial charge in [-0.3, -0.25) is 4.79 Å². The molecule has 0 saturated carbocycles. The van der Waals surface area contributed by atoms with Crippen LogP contribution >= 0.6 is 0 Å². The van der Waals surface area contributed by atoms with Gasteiger partial charge in [-0.25, -0.2) is 9.37 Å². The lowest BCUT2D eigenvalue weighted by Crippen LogP contribution is -2.12. The molecule has 2 N–H and O–H groups in total. The van der Waals surface area contributed by atoms with Crippen molar-refractivity contribution >= 4 is 11.5 Å². The molecule has 5 heteroatoms. The zero-order valence-corrected chi connectivity index (χ0v) is 11.0. The Labute approximate surface area is 111 Å². The fourth-order valence-electron chi connectivity index (χ4n) is 1.90. The van der Waals surface area contributed by atoms with Crippen LogP contribution in [0.25, 0.3) is 0 Å². The smallest absolute Gasteiger partial charge is 0.228 e. The van der Waals surface area contributed by atoms with Crippen molar-refractivity contribution in [1.82, 2.24) is 9.55 Å². The zero-order chi connectivity index (χ0) is 14.0. The molecule has 0 unspecified atom stereocenters. The zero-order valence-electron chi connectivity index (χ0n) is 11.0. The third kappa shape index (κ3) is 2.50. The molecule has 100 valence electrons. The van der Waals surface area contributed by atoms with Crippen LogP contribution in [-0.4, -0.2) is 15.3 Å². The second-order valence-electron chi connectivity index (χ2n) is 4.45. The van der Waals surface area contributed by atoms with E-state index < -0.39 is 5.82 Å². The Hall–Kier alpha value is -2.17. The molecule has 0 amide bonds. The van der Waals surface area contributed by atoms with E-state index in [1.54, 1.807) is 23.9 Å². The molecule has 1 aromatic heterocycles. The third-order valence-electron chi connectivity index (χ3n) is 3.03. The lowest BCUT2D eigenvalue weighted by Gasteiger charge is -2.08. The van der Waals surface area contributed by atoms with Crippen LogP contribution in [0.15, 0.2) is 24.5 Å². The molecule has 0 fully saturated rings. The van der Waals surface area contributed by atoms with Crippen molar-refractivity contribution in [3.8, 4) is 0 Å². The lowest BCUT2D eigenvalue weighted by atomic mass is 10.1. The highest BCUT2D eigenvalue weighted by Crippen LogP contribution is 2.19. The number of rotatable bonds is 4. The van der Waals surface area contributed by atoms with Gasteiger partial charge in [0.1, 0.15) is 5.82 Å². The van der Waals surface area contributed by atoms with Crippen molar-refractivity contribution in [2.24, 2.45) is 0 Å². The molecule has 2 aromatic rings. The number of aromatic nitrogens is 2. The number of nitrogen functional groups attached to an aromatic ring is 1. The van der Waals surface area contributed by atoms with E-state index in [1.165, 1.54) is 12.1 Å². The van der Waals surface area contributed by atoms with Crippen LogP contribution in [0.4, 0.5) is 10.1 Å². The number of carbonyl (C=O) groups excluding carboxylic acids is 1. The van der Waals surface area contributed by atoms with Gasteiger partial charge in [-0.15, -0.1) is 0 Å². The van der Waals surface area contributed by atoms with Crippen LogP contribution in [-0.2, 0) is 6.54 Å². The highest BCUT2D eigenvalue weighted by Gasteiger charge is 2.17. The standard InChI is InChI=1S/C14H16FN3O/c1-3-5-18-6-4-17-14(18)13(19)10-7-11(15)9(2)12(16)8-10/h4,6-8H,3,5,16H2,1-2H3. The van der Waals surface area contributed by atoms with E-state index in [1.807, 2.05) is 6.92 Å². The van der Waals surface area contributed by atoms with Crippen molar-refractivity contribution in [3.05, 3.63) is 47.3 Å². The minimum absolute atomic E-state index is 0.226. The van der Waals surface area contributed by atoms with Crippen molar-refractivity contribution in [3.63, 3.8) is 0 Å². The van der Waals surface area contributed by atoms with Crippen molar-refractivity contribution < 1.29 is 9.18 Å². The monoisotopic (exact) mass is 261 g/mol. The van der Waals surface area contributed by atoms with Gasteiger partial charge in [-0.05, 0) is 25.5 Å². The second-order valence-corrected chi connectivity index (χ2v) is 4.45. The molecular weight excluding hydrogens is 245 g/mol. The van der Waals surface area contributed by atoms with E-state index in [2.05, 4.69) is 4.98 Å². The van der Waals surface area contributed by atoms with Gasteiger partial charge in [0.2, 0.25) is 5.78 Å². The van der Waals surface area contributed by atoms with E-state index >= 15 is 0 Å². The molecule has 0 aliphatic heterocycles. The molecule has 0 spiro atoms. The van der Waals surface area contributed by atoms with Gasteiger partial charge in [0.25, 0.3) is 0 Å². The van der Waals surface area contributed by atoms with Crippen LogP contribution in [0.1, 0.15) is 35.1 Å². The average Bonchev–Trinajstić information content (AvgIpc) is 2.83. The third-order valence-corrected chi connectivity index (χ3v) is 3.03. The molecule has 0 aliphatic rings. The topological polar surface area (TPSA) is 60.9 Å². The Bertz CT molecular complexity index is 596. The summed E-state index contributed by atoms with van der Waals surface area (Å²) in [6.45, 7) is 4.29. The van der Waals surface area contributed by atoms with Gasteiger partial charge in [-0.2, -0.15) is 0 Å². The number of aryl methyl sites for hydroxylation is 1. The summed E-state index contributed by atoms with van der Waals surface area (Å²) in [5, 5.41) is 0. The van der Waals surface area contributed by atoms with Gasteiger partial charge in [-0.1, -0.05) is 6.92 Å². The van der Waals surface area contributed by atoms with Crippen LogP contribution < -0.4 is 5.73 Å². The molecule has 1 aromatic carbocycles. The fraction of sp³-hybridized carbons (Fsp3) is 0.286. The number of hydrogen-bond donors (Lipinski definition) is 1. The maximum atomic E-state index is 13.6. The normalized spacial score (nSPS) is 10.7. The Morgan fingerprint density at radius 1 is 1.47 bits per heavy atom. The molecule has 4 nitrogen and oxygen atoms in total. The molecule has 1 heterocycles. The van der Waals surface area contributed by atoms with Crippen LogP contribution in [0.3, 0.4) is 0 Å². The minimum atomic E-state index is -0.475. The number of carbonyl (C=O) groups is 1. The van der Waals surface area contributed by atoms with Crippen molar-refractivity contribution in [2.75, 3.05) is 5.73 Å². The van der Waals surface area contributed by atoms with Gasteiger partial charge in [0, 0.05) is 35.8 Å². The van der Waals surface area contributed by atoms with E-state index in [0.717, 1.165) is 6.42 Å². The molecule has 19 heavy (non-hydrogen) atoms. The van der Waals surface area contributed by atoms with Gasteiger partial charge in [0.15, 0.2) is 5.82 Å². The number of nitrogens with zero attached hydrogens (tertiary/aromatic N) is 2. The first kappa shape index (κ1) is 13.3. The minimum Gasteiger partial charge on any atom is -0.398 e. The number of halogens is 1. The Balaban J connectivity index is 2.41. The number of ketones is 1. The van der Waals surface area contributed by atoms with Crippen LogP contribution in [0.2, 0.25) is 0 Å². The van der Waals surface area contributed by atoms with E-state index in [0.29, 0.717) is 17.9 Å². The predicted molar refractivity (Wildman–Crippen MR) is 71.5 cm³/mol. The molecule has 0 aliphatic carbocycles. The number of anilines is 1. The Kier molecular flexibility index (Phi) is 3.64. The summed E-state index contributed by atoms with van der Waals surface area (Å²) < 4.78 is 15.4. The summed E-state index contributed by atoms with van der Waals surface area (Å²) in [4.78, 5) is 16.4. The van der Waals surface area contributed by atoms with Crippen molar-refractivity contribution in [1.29, 1.82) is 0 Å². The maximum absolute atomic E-state index is 13.6. The predicted octanol–water partition coefficient (Wildman–Crippen LogP) is 2.55. The largest absolute Gasteiger partial charge is 0.398 e. The Morgan fingerprint density at radius 2 is 2.21 bits per heavy atom. The number of imidazole rings is 1. The molecule has 0 bridgehead atoms. The summed E-state index contributed by atoms with van der Waals surface area (Å²) >= 11 is 0. The average molecular weight is 261 g/mol. The molecular formula is C14H16FN3O. The van der Waals surface area contributed by atoms with E-state index in [9.17, 15) is 9.18 Å². The number of benzene rings is 1. The second kappa shape index (κ2) is 5.22. The van der Waals surface area contributed by atoms with E-state index in [4.69, 9.17) is 5.73 Å². The highest BCUT2D eigenvalue weighted by molar-refractivity contribution is 6.07. The summed E-state index contributed by atoms with van der Waals surface area (Å²) in [6.07, 6.45) is 4.20. The molecule has 0 saturated heterocycles. The first-order valence-electron chi connectivity index (χ1n) is 6.16. The quantitative estimate of drug-likeness (QED) is 0.679. The van der Waals surface area contributed by atoms with Crippen molar-refractivity contribution in [2.45, 2.75) is 26.8 Å². The van der Waals surface area contributed by atoms with Crippen LogP contribution in [0, 0.1) is 12.7 Å². The van der Waals surface area contributed by atoms with Gasteiger partial charge < -0.3 is 10.3 Å². The molecule has 2 rings (SSSR count).